The minimum Gasteiger partial charge on any atom is -0.393 e. The van der Waals surface area contributed by atoms with Crippen LogP contribution in [0.1, 0.15) is 72.6 Å². The highest BCUT2D eigenvalue weighted by molar-refractivity contribution is 5.55. The summed E-state index contributed by atoms with van der Waals surface area (Å²) in [6.07, 6.45) is 7.65. The maximum absolute atomic E-state index is 10.4. The van der Waals surface area contributed by atoms with Crippen molar-refractivity contribution in [2.45, 2.75) is 84.8 Å². The smallest absolute Gasteiger partial charge is 0.128 e. The summed E-state index contributed by atoms with van der Waals surface area (Å²) in [6, 6.07) is 0. The fourth-order valence-corrected chi connectivity index (χ4v) is 3.70. The highest BCUT2D eigenvalue weighted by Gasteiger charge is 2.26. The first kappa shape index (κ1) is 27.3. The van der Waals surface area contributed by atoms with Gasteiger partial charge in [0.05, 0.1) is 19.3 Å². The first-order valence-electron chi connectivity index (χ1n) is 11.2. The highest BCUT2D eigenvalue weighted by Crippen LogP contribution is 2.27. The highest BCUT2D eigenvalue weighted by atomic mass is 16.3. The molecule has 0 aromatic rings. The van der Waals surface area contributed by atoms with Gasteiger partial charge in [-0.3, -0.25) is 10.4 Å². The van der Waals surface area contributed by atoms with E-state index in [0.29, 0.717) is 25.8 Å². The Bertz CT molecular complexity index is 582. The van der Waals surface area contributed by atoms with E-state index in [4.69, 9.17) is 5.41 Å². The fraction of sp³-hybridized carbons (Fsp3) is 0.905. The molecule has 2 unspecified atom stereocenters. The Hall–Kier alpha value is -1.78. The zero-order chi connectivity index (χ0) is 23.5. The molecular formula is C21H44N8O2. The van der Waals surface area contributed by atoms with E-state index in [1.54, 1.807) is 13.4 Å². The molecule has 0 aromatic heterocycles. The summed E-state index contributed by atoms with van der Waals surface area (Å²) in [4.78, 5) is 0. The monoisotopic (exact) mass is 440 g/mol. The van der Waals surface area contributed by atoms with Crippen LogP contribution in [0.4, 0.5) is 0 Å². The number of aliphatic hydroxyl groups is 2. The molecule has 31 heavy (non-hydrogen) atoms. The molecule has 0 bridgehead atoms. The van der Waals surface area contributed by atoms with Crippen molar-refractivity contribution in [3.05, 3.63) is 0 Å². The van der Waals surface area contributed by atoms with Gasteiger partial charge >= 0.3 is 0 Å². The van der Waals surface area contributed by atoms with E-state index in [1.165, 1.54) is 11.3 Å². The summed E-state index contributed by atoms with van der Waals surface area (Å²) in [5, 5.41) is 45.1. The number of nitrogens with one attached hydrogen (secondary N) is 2. The van der Waals surface area contributed by atoms with Gasteiger partial charge in [0.15, 0.2) is 0 Å². The maximum atomic E-state index is 10.4. The third-order valence-corrected chi connectivity index (χ3v) is 5.70. The first-order chi connectivity index (χ1) is 14.5. The molecule has 10 nitrogen and oxygen atoms in total. The molecule has 0 saturated heterocycles. The third kappa shape index (κ3) is 11.4. The van der Waals surface area contributed by atoms with Crippen molar-refractivity contribution in [3.8, 4) is 0 Å². The molecule has 0 aromatic carbocycles. The predicted octanol–water partition coefficient (Wildman–Crippen LogP) is 3.01. The van der Waals surface area contributed by atoms with Crippen LogP contribution in [0, 0.1) is 16.2 Å². The van der Waals surface area contributed by atoms with E-state index in [9.17, 15) is 10.2 Å². The van der Waals surface area contributed by atoms with Gasteiger partial charge in [0.2, 0.25) is 0 Å². The Morgan fingerprint density at radius 1 is 1.10 bits per heavy atom. The van der Waals surface area contributed by atoms with Gasteiger partial charge in [0.25, 0.3) is 0 Å². The number of hydrazone groups is 1. The predicted molar refractivity (Wildman–Crippen MR) is 124 cm³/mol. The summed E-state index contributed by atoms with van der Waals surface area (Å²) in [7, 11) is 3.51. The molecule has 0 radical (unpaired) electrons. The zero-order valence-electron chi connectivity index (χ0n) is 20.3. The summed E-state index contributed by atoms with van der Waals surface area (Å²) in [5.41, 5.74) is 2.84. The Labute approximate surface area is 187 Å². The van der Waals surface area contributed by atoms with E-state index in [1.807, 2.05) is 17.2 Å². The van der Waals surface area contributed by atoms with Gasteiger partial charge in [-0.25, -0.2) is 10.5 Å². The summed E-state index contributed by atoms with van der Waals surface area (Å²) < 4.78 is 0. The topological polar surface area (TPSA) is 123 Å². The molecule has 10 heteroatoms. The second-order valence-electron chi connectivity index (χ2n) is 10.1. The van der Waals surface area contributed by atoms with Crippen LogP contribution < -0.4 is 5.53 Å². The Morgan fingerprint density at radius 3 is 2.16 bits per heavy atom. The number of hydrogen-bond donors (Lipinski definition) is 4. The van der Waals surface area contributed by atoms with E-state index in [0.717, 1.165) is 32.2 Å². The Kier molecular flexibility index (Phi) is 11.4. The van der Waals surface area contributed by atoms with Gasteiger partial charge in [-0.15, -0.1) is 5.12 Å². The van der Waals surface area contributed by atoms with E-state index >= 15 is 0 Å². The van der Waals surface area contributed by atoms with Gasteiger partial charge < -0.3 is 10.2 Å². The molecule has 1 aliphatic rings. The normalized spacial score (nSPS) is 17.2. The van der Waals surface area contributed by atoms with Gasteiger partial charge in [-0.1, -0.05) is 32.9 Å². The molecule has 1 rings (SSSR count). The molecule has 1 heterocycles. The number of nitrogens with zero attached hydrogens (tertiary/aromatic N) is 6. The average Bonchev–Trinajstić information content (AvgIpc) is 3.08. The van der Waals surface area contributed by atoms with Crippen LogP contribution in [0.3, 0.4) is 0 Å². The van der Waals surface area contributed by atoms with Crippen LogP contribution >= 0.6 is 0 Å². The lowest BCUT2D eigenvalue weighted by Gasteiger charge is -2.33. The van der Waals surface area contributed by atoms with E-state index in [-0.39, 0.29) is 23.0 Å². The molecule has 0 aliphatic carbocycles. The van der Waals surface area contributed by atoms with Crippen molar-refractivity contribution in [1.82, 2.24) is 20.7 Å². The SMILES string of the molecule is C/N=N\N(C=N)CC(C)(C)CCC(O)CCCC(O)CCC(C)(C)CN1C=NNN1C. The van der Waals surface area contributed by atoms with Crippen molar-refractivity contribution < 1.29 is 10.2 Å². The molecule has 0 saturated carbocycles. The van der Waals surface area contributed by atoms with Crippen molar-refractivity contribution >= 4 is 12.7 Å². The third-order valence-electron chi connectivity index (χ3n) is 5.70. The molecule has 0 amide bonds. The van der Waals surface area contributed by atoms with Gasteiger partial charge in [0.1, 0.15) is 12.7 Å². The van der Waals surface area contributed by atoms with Crippen molar-refractivity contribution in [1.29, 1.82) is 5.41 Å². The van der Waals surface area contributed by atoms with Gasteiger partial charge in [-0.2, -0.15) is 10.2 Å². The molecule has 4 N–H and O–H groups in total. The molecule has 0 fully saturated rings. The molecular weight excluding hydrogens is 396 g/mol. The largest absolute Gasteiger partial charge is 0.393 e. The second kappa shape index (κ2) is 12.9. The average molecular weight is 441 g/mol. The van der Waals surface area contributed by atoms with E-state index in [2.05, 4.69) is 48.7 Å². The first-order valence-corrected chi connectivity index (χ1v) is 11.2. The van der Waals surface area contributed by atoms with Crippen LogP contribution in [-0.2, 0) is 0 Å². The second-order valence-corrected chi connectivity index (χ2v) is 10.1. The standard InChI is InChI=1S/C21H44N8O2/c1-20(2,14-28(16-22)25-23-5)12-10-18(30)8-7-9-19(31)11-13-21(3,4)15-29-17-24-26-27(29)6/h16-19,22,26,30-31H,7-15H2,1-6H3/b22-16?,25-23-. The van der Waals surface area contributed by atoms with E-state index < -0.39 is 0 Å². The van der Waals surface area contributed by atoms with Crippen LogP contribution in [0.5, 0.6) is 0 Å². The molecule has 180 valence electrons. The van der Waals surface area contributed by atoms with Crippen LogP contribution in [0.15, 0.2) is 15.4 Å². The lowest BCUT2D eigenvalue weighted by molar-refractivity contribution is 0.0153. The quantitative estimate of drug-likeness (QED) is 0.127. The molecule has 2 atom stereocenters. The van der Waals surface area contributed by atoms with Crippen LogP contribution in [-0.4, -0.2) is 77.4 Å². The van der Waals surface area contributed by atoms with Gasteiger partial charge in [-0.05, 0) is 55.8 Å². The van der Waals surface area contributed by atoms with Crippen LogP contribution in [0.2, 0.25) is 0 Å². The van der Waals surface area contributed by atoms with Gasteiger partial charge in [0, 0.05) is 20.1 Å². The zero-order valence-corrected chi connectivity index (χ0v) is 20.3. The molecule has 1 aliphatic heterocycles. The minimum absolute atomic E-state index is 0.0556. The van der Waals surface area contributed by atoms with Crippen molar-refractivity contribution in [2.24, 2.45) is 26.3 Å². The summed E-state index contributed by atoms with van der Waals surface area (Å²) in [6.45, 7) is 10.0. The number of aliphatic hydroxyl groups excluding tert-OH is 2. The number of rotatable bonds is 16. The number of hydrazine groups is 2. The Morgan fingerprint density at radius 2 is 1.68 bits per heavy atom. The van der Waals surface area contributed by atoms with Crippen LogP contribution in [0.25, 0.3) is 0 Å². The Balaban J connectivity index is 2.23. The fourth-order valence-electron chi connectivity index (χ4n) is 3.70. The maximum Gasteiger partial charge on any atom is 0.128 e. The minimum atomic E-state index is -0.373. The van der Waals surface area contributed by atoms with Crippen molar-refractivity contribution in [3.63, 3.8) is 0 Å². The number of hydrogen-bond acceptors (Lipinski definition) is 9. The van der Waals surface area contributed by atoms with Crippen molar-refractivity contribution in [2.75, 3.05) is 27.2 Å². The molecule has 0 spiro atoms. The summed E-state index contributed by atoms with van der Waals surface area (Å²) in [5.74, 6) is 0. The summed E-state index contributed by atoms with van der Waals surface area (Å²) >= 11 is 0. The lowest BCUT2D eigenvalue weighted by atomic mass is 9.85. The lowest BCUT2D eigenvalue weighted by Crippen LogP contribution is -2.44.